The SMILES string of the molecule is C/C=C1\C=C(\c2ccc3nc([C@@H]4C[C@@H]5CCCC[C@@H]5N4C(=O)[C@H](CCN)NC(=O)OC)[nH]c3c2)[C@H](C)CC[C@@H](C)/C=C\C(=C(/C)c2ccc3nc([C@@H]4C[C@@H]5CCCC[C@@H]5N4C(=O)[C@H](CCN)NC(=O)OC)[nH]c3c2)CC1. The van der Waals surface area contributed by atoms with Crippen molar-refractivity contribution in [3.05, 3.63) is 94.6 Å². The Morgan fingerprint density at radius 3 is 1.82 bits per heavy atom. The topological polar surface area (TPSA) is 227 Å². The predicted octanol–water partition coefficient (Wildman–Crippen LogP) is 10.5. The molecule has 0 unspecified atom stereocenters. The molecule has 408 valence electrons. The number of allylic oxidation sites excluding steroid dienone is 8. The Hall–Kier alpha value is -6.26. The maximum atomic E-state index is 14.4. The number of H-pyrrole nitrogens is 2. The standard InChI is InChI=1S/C60H82N10O6/c1-7-38-19-21-39(37(4)40-22-24-45-49(31-40)65-55(63-45)53-33-42-12-8-10-14-51(42)69(53)57(71)47(26-28-61)67-59(73)75-5)20-17-35(2)16-18-36(3)44(30-38)41-23-25-46-50(32-41)66-56(64-46)54-34-43-13-9-11-15-52(43)70(54)58(72)48(27-29-62)68-60(74)76-6/h7,17,20,22-25,30-32,35-36,42-43,47-48,51-54H,8-16,18-19,21,26-29,33-34,61-62H2,1-6H3,(H,63,65)(H,64,66)(H,67,73)(H,68,74)/b20-17-,38-7-,39-37-,44-30+/t35-,36-,42+,43+,47+,48+,51+,52+,53+,54+/m1/s1. The first-order valence-corrected chi connectivity index (χ1v) is 28.3. The van der Waals surface area contributed by atoms with Gasteiger partial charge in [-0.25, -0.2) is 19.6 Å². The molecule has 0 bridgehead atoms. The van der Waals surface area contributed by atoms with E-state index in [4.69, 9.17) is 30.9 Å². The van der Waals surface area contributed by atoms with Gasteiger partial charge in [0.1, 0.15) is 23.7 Å². The summed E-state index contributed by atoms with van der Waals surface area (Å²) in [5.41, 5.74) is 22.9. The second-order valence-electron chi connectivity index (χ2n) is 22.4. The number of hydrogen-bond acceptors (Lipinski definition) is 10. The lowest BCUT2D eigenvalue weighted by Gasteiger charge is -2.35. The highest BCUT2D eigenvalue weighted by atomic mass is 16.5. The number of alkyl carbamates (subject to hydrolysis) is 2. The molecule has 4 heterocycles. The lowest BCUT2D eigenvalue weighted by Crippen LogP contribution is -2.52. The van der Waals surface area contributed by atoms with Gasteiger partial charge in [-0.05, 0) is 180 Å². The Bertz CT molecular complexity index is 2880. The second-order valence-corrected chi connectivity index (χ2v) is 22.4. The molecule has 8 N–H and O–H groups in total. The molecule has 4 amide bonds. The van der Waals surface area contributed by atoms with Crippen molar-refractivity contribution in [3.8, 4) is 0 Å². The second kappa shape index (κ2) is 24.4. The van der Waals surface area contributed by atoms with Crippen molar-refractivity contribution in [3.63, 3.8) is 0 Å². The summed E-state index contributed by atoms with van der Waals surface area (Å²) in [4.78, 5) is 75.2. The summed E-state index contributed by atoms with van der Waals surface area (Å²) < 4.78 is 9.79. The van der Waals surface area contributed by atoms with Crippen LogP contribution in [0.1, 0.15) is 165 Å². The minimum absolute atomic E-state index is 0.0829. The number of nitrogens with zero attached hydrogens (tertiary/aromatic N) is 4. The number of amides is 4. The van der Waals surface area contributed by atoms with Crippen molar-refractivity contribution < 1.29 is 28.7 Å². The number of fused-ring (bicyclic) bond motifs is 4. The molecule has 2 aliphatic heterocycles. The Morgan fingerprint density at radius 1 is 0.737 bits per heavy atom. The molecule has 0 radical (unpaired) electrons. The molecule has 4 fully saturated rings. The molecule has 3 aliphatic carbocycles. The Balaban J connectivity index is 0.971. The maximum absolute atomic E-state index is 14.4. The minimum Gasteiger partial charge on any atom is -0.453 e. The number of methoxy groups -OCH3 is 2. The largest absolute Gasteiger partial charge is 0.453 e. The van der Waals surface area contributed by atoms with Crippen molar-refractivity contribution in [2.24, 2.45) is 35.1 Å². The molecule has 16 nitrogen and oxygen atoms in total. The van der Waals surface area contributed by atoms with E-state index in [1.165, 1.54) is 36.5 Å². The highest BCUT2D eigenvalue weighted by Crippen LogP contribution is 2.48. The molecule has 4 aromatic rings. The zero-order chi connectivity index (χ0) is 53.6. The average Bonchev–Trinajstić information content (AvgIpc) is 4.26. The average molecular weight is 1040 g/mol. The molecular weight excluding hydrogens is 957 g/mol. The summed E-state index contributed by atoms with van der Waals surface area (Å²) in [6.07, 6.45) is 22.6. The number of aromatic amines is 2. The fourth-order valence-corrected chi connectivity index (χ4v) is 13.4. The van der Waals surface area contributed by atoms with E-state index in [1.807, 2.05) is 9.80 Å². The van der Waals surface area contributed by atoms with Crippen LogP contribution < -0.4 is 22.1 Å². The number of carbonyl (C=O) groups excluding carboxylic acids is 4. The zero-order valence-electron chi connectivity index (χ0n) is 45.7. The van der Waals surface area contributed by atoms with Gasteiger partial charge in [-0.1, -0.05) is 81.5 Å². The van der Waals surface area contributed by atoms with Crippen LogP contribution in [0.15, 0.2) is 71.8 Å². The first-order valence-electron chi connectivity index (χ1n) is 28.3. The van der Waals surface area contributed by atoms with E-state index < -0.39 is 24.3 Å². The predicted molar refractivity (Wildman–Crippen MR) is 298 cm³/mol. The number of hydrogen-bond donors (Lipinski definition) is 6. The molecule has 76 heavy (non-hydrogen) atoms. The van der Waals surface area contributed by atoms with Gasteiger partial charge in [0, 0.05) is 12.1 Å². The third-order valence-electron chi connectivity index (χ3n) is 17.6. The van der Waals surface area contributed by atoms with Crippen LogP contribution in [-0.2, 0) is 19.1 Å². The summed E-state index contributed by atoms with van der Waals surface area (Å²) in [6, 6.07) is 11.1. The summed E-state index contributed by atoms with van der Waals surface area (Å²) >= 11 is 0. The fourth-order valence-electron chi connectivity index (χ4n) is 13.4. The lowest BCUT2D eigenvalue weighted by atomic mass is 9.84. The number of ether oxygens (including phenoxy) is 2. The third-order valence-corrected chi connectivity index (χ3v) is 17.6. The van der Waals surface area contributed by atoms with E-state index in [1.54, 1.807) is 0 Å². The monoisotopic (exact) mass is 1040 g/mol. The Morgan fingerprint density at radius 2 is 1.28 bits per heavy atom. The number of imidazole rings is 2. The molecule has 2 saturated carbocycles. The van der Waals surface area contributed by atoms with Crippen LogP contribution in [0.2, 0.25) is 0 Å². The first kappa shape index (κ1) is 54.5. The number of nitrogens with one attached hydrogen (secondary N) is 4. The van der Waals surface area contributed by atoms with Crippen LogP contribution in [0.5, 0.6) is 0 Å². The summed E-state index contributed by atoms with van der Waals surface area (Å²) in [6.45, 7) is 9.53. The van der Waals surface area contributed by atoms with Crippen LogP contribution in [0, 0.1) is 23.7 Å². The number of likely N-dealkylation sites (tertiary alicyclic amines) is 2. The maximum Gasteiger partial charge on any atom is 0.407 e. The lowest BCUT2D eigenvalue weighted by molar-refractivity contribution is -0.138. The fraction of sp³-hybridized carbons (Fsp3) is 0.567. The Labute approximate surface area is 448 Å². The summed E-state index contributed by atoms with van der Waals surface area (Å²) in [5, 5.41) is 5.53. The third kappa shape index (κ3) is 11.7. The van der Waals surface area contributed by atoms with Crippen LogP contribution >= 0.6 is 0 Å². The van der Waals surface area contributed by atoms with E-state index in [0.29, 0.717) is 36.5 Å². The molecule has 2 aromatic heterocycles. The minimum atomic E-state index is -0.776. The normalized spacial score (nSPS) is 28.3. The van der Waals surface area contributed by atoms with Crippen molar-refractivity contribution in [1.82, 2.24) is 40.4 Å². The smallest absolute Gasteiger partial charge is 0.407 e. The van der Waals surface area contributed by atoms with Gasteiger partial charge in [-0.3, -0.25) is 9.59 Å². The van der Waals surface area contributed by atoms with Crippen molar-refractivity contribution in [1.29, 1.82) is 0 Å². The van der Waals surface area contributed by atoms with Gasteiger partial charge in [-0.15, -0.1) is 0 Å². The van der Waals surface area contributed by atoms with Crippen LogP contribution in [-0.4, -0.2) is 105 Å². The number of nitrogens with two attached hydrogens (primary N) is 2. The van der Waals surface area contributed by atoms with E-state index >= 15 is 0 Å². The molecular formula is C60H82N10O6. The van der Waals surface area contributed by atoms with Gasteiger partial charge in [-0.2, -0.15) is 0 Å². The van der Waals surface area contributed by atoms with E-state index in [-0.39, 0.29) is 49.1 Å². The van der Waals surface area contributed by atoms with E-state index in [9.17, 15) is 19.2 Å². The first-order chi connectivity index (χ1) is 36.8. The van der Waals surface area contributed by atoms with Gasteiger partial charge in [0.15, 0.2) is 0 Å². The number of carbonyl (C=O) groups is 4. The molecule has 9 rings (SSSR count). The highest BCUT2D eigenvalue weighted by molar-refractivity contribution is 5.88. The van der Waals surface area contributed by atoms with Crippen molar-refractivity contribution >= 4 is 57.2 Å². The molecule has 10 atom stereocenters. The van der Waals surface area contributed by atoms with Gasteiger partial charge in [0.2, 0.25) is 11.8 Å². The summed E-state index contributed by atoms with van der Waals surface area (Å²) in [7, 11) is 2.61. The summed E-state index contributed by atoms with van der Waals surface area (Å²) in [5.74, 6) is 2.70. The number of rotatable bonds is 12. The van der Waals surface area contributed by atoms with Gasteiger partial charge >= 0.3 is 12.2 Å². The molecule has 5 aliphatic rings. The van der Waals surface area contributed by atoms with Gasteiger partial charge in [0.05, 0.1) is 48.4 Å². The molecule has 16 heteroatoms. The zero-order valence-corrected chi connectivity index (χ0v) is 45.7. The highest BCUT2D eigenvalue weighted by Gasteiger charge is 2.49. The Kier molecular flexibility index (Phi) is 17.5. The van der Waals surface area contributed by atoms with E-state index in [2.05, 4.69) is 109 Å². The molecule has 2 saturated heterocycles. The van der Waals surface area contributed by atoms with Crippen LogP contribution in [0.4, 0.5) is 9.59 Å². The van der Waals surface area contributed by atoms with Gasteiger partial charge in [0.25, 0.3) is 0 Å². The van der Waals surface area contributed by atoms with Crippen LogP contribution in [0.25, 0.3) is 33.2 Å². The molecule has 2 aromatic carbocycles. The molecule has 0 spiro atoms. The van der Waals surface area contributed by atoms with Gasteiger partial charge < -0.3 is 51.3 Å². The quantitative estimate of drug-likeness (QED) is 0.0787. The number of benzene rings is 2. The van der Waals surface area contributed by atoms with E-state index in [0.717, 1.165) is 135 Å². The number of aromatic nitrogens is 4. The van der Waals surface area contributed by atoms with Crippen molar-refractivity contribution in [2.75, 3.05) is 27.3 Å². The van der Waals surface area contributed by atoms with Crippen molar-refractivity contribution in [2.45, 2.75) is 167 Å². The van der Waals surface area contributed by atoms with Crippen LogP contribution in [0.3, 0.4) is 0 Å².